The summed E-state index contributed by atoms with van der Waals surface area (Å²) >= 11 is 0. The number of carboxylic acids is 2. The van der Waals surface area contributed by atoms with Crippen molar-refractivity contribution >= 4 is 17.7 Å². The first-order valence-corrected chi connectivity index (χ1v) is 5.51. The number of hydrogen-bond acceptors (Lipinski definition) is 3. The van der Waals surface area contributed by atoms with E-state index in [4.69, 9.17) is 10.2 Å². The van der Waals surface area contributed by atoms with Crippen LogP contribution in [0.1, 0.15) is 25.7 Å². The van der Waals surface area contributed by atoms with Gasteiger partial charge in [0.05, 0.1) is 11.8 Å². The first-order chi connectivity index (χ1) is 7.52. The SMILES string of the molecule is O=C(O)[C@H]1C[C@@H](C(=O)O)[C@@H]2CCC[C@H]1C2=O. The summed E-state index contributed by atoms with van der Waals surface area (Å²) in [5, 5.41) is 18.0. The Morgan fingerprint density at radius 2 is 1.44 bits per heavy atom. The highest BCUT2D eigenvalue weighted by atomic mass is 16.4. The minimum atomic E-state index is -1.04. The molecule has 0 saturated heterocycles. The van der Waals surface area contributed by atoms with Crippen LogP contribution in [0, 0.1) is 23.7 Å². The summed E-state index contributed by atoms with van der Waals surface area (Å²) in [7, 11) is 0. The second kappa shape index (κ2) is 3.88. The van der Waals surface area contributed by atoms with Crippen molar-refractivity contribution in [3.05, 3.63) is 0 Å². The molecule has 5 nitrogen and oxygen atoms in total. The Labute approximate surface area is 92.5 Å². The van der Waals surface area contributed by atoms with Crippen LogP contribution in [0.4, 0.5) is 0 Å². The Hall–Kier alpha value is -1.39. The van der Waals surface area contributed by atoms with E-state index in [9.17, 15) is 14.4 Å². The summed E-state index contributed by atoms with van der Waals surface area (Å²) in [6.07, 6.45) is 2.05. The lowest BCUT2D eigenvalue weighted by atomic mass is 9.61. The highest BCUT2D eigenvalue weighted by molar-refractivity contribution is 5.93. The monoisotopic (exact) mass is 226 g/mol. The van der Waals surface area contributed by atoms with Crippen molar-refractivity contribution < 1.29 is 24.6 Å². The Kier molecular flexibility index (Phi) is 2.69. The summed E-state index contributed by atoms with van der Waals surface area (Å²) in [6.45, 7) is 0. The van der Waals surface area contributed by atoms with E-state index >= 15 is 0 Å². The van der Waals surface area contributed by atoms with Gasteiger partial charge in [0.25, 0.3) is 0 Å². The Balaban J connectivity index is 2.30. The Bertz CT molecular complexity index is 318. The van der Waals surface area contributed by atoms with Crippen LogP contribution < -0.4 is 0 Å². The molecule has 2 aliphatic rings. The molecule has 16 heavy (non-hydrogen) atoms. The zero-order valence-electron chi connectivity index (χ0n) is 8.76. The van der Waals surface area contributed by atoms with E-state index < -0.39 is 35.6 Å². The second-order valence-corrected chi connectivity index (χ2v) is 4.67. The van der Waals surface area contributed by atoms with Crippen molar-refractivity contribution in [2.45, 2.75) is 25.7 Å². The van der Waals surface area contributed by atoms with Crippen molar-refractivity contribution in [3.8, 4) is 0 Å². The van der Waals surface area contributed by atoms with Crippen molar-refractivity contribution in [1.82, 2.24) is 0 Å². The molecule has 5 heteroatoms. The third kappa shape index (κ3) is 1.60. The van der Waals surface area contributed by atoms with E-state index in [1.807, 2.05) is 0 Å². The predicted molar refractivity (Wildman–Crippen MR) is 52.7 cm³/mol. The number of carbonyl (C=O) groups excluding carboxylic acids is 1. The van der Waals surface area contributed by atoms with Crippen molar-refractivity contribution in [2.24, 2.45) is 23.7 Å². The molecule has 4 atom stereocenters. The average Bonchev–Trinajstić information content (AvgIpc) is 2.16. The first kappa shape index (κ1) is 11.1. The molecule has 2 bridgehead atoms. The molecule has 0 amide bonds. The molecule has 0 radical (unpaired) electrons. The van der Waals surface area contributed by atoms with Gasteiger partial charge in [0.2, 0.25) is 0 Å². The van der Waals surface area contributed by atoms with Gasteiger partial charge in [0.1, 0.15) is 5.78 Å². The lowest BCUT2D eigenvalue weighted by Crippen LogP contribution is -2.48. The summed E-state index contributed by atoms with van der Waals surface area (Å²) in [5.74, 6) is -4.72. The van der Waals surface area contributed by atoms with Crippen LogP contribution >= 0.6 is 0 Å². The summed E-state index contributed by atoms with van der Waals surface area (Å²) in [5.41, 5.74) is 0. The summed E-state index contributed by atoms with van der Waals surface area (Å²) in [4.78, 5) is 34.0. The smallest absolute Gasteiger partial charge is 0.307 e. The average molecular weight is 226 g/mol. The fourth-order valence-electron chi connectivity index (χ4n) is 3.06. The van der Waals surface area contributed by atoms with Gasteiger partial charge >= 0.3 is 11.9 Å². The molecule has 0 aromatic carbocycles. The topological polar surface area (TPSA) is 91.7 Å². The minimum Gasteiger partial charge on any atom is -0.481 e. The van der Waals surface area contributed by atoms with Crippen LogP contribution in [0.15, 0.2) is 0 Å². The third-order valence-electron chi connectivity index (χ3n) is 3.87. The molecule has 0 heterocycles. The van der Waals surface area contributed by atoms with Gasteiger partial charge in [-0.1, -0.05) is 6.42 Å². The van der Waals surface area contributed by atoms with Crippen LogP contribution in [-0.4, -0.2) is 27.9 Å². The van der Waals surface area contributed by atoms with Gasteiger partial charge in [-0.15, -0.1) is 0 Å². The lowest BCUT2D eigenvalue weighted by Gasteiger charge is -2.40. The van der Waals surface area contributed by atoms with Gasteiger partial charge in [-0.3, -0.25) is 14.4 Å². The minimum absolute atomic E-state index is 0.103. The molecule has 2 fully saturated rings. The maximum Gasteiger partial charge on any atom is 0.307 e. The molecule has 2 aliphatic carbocycles. The number of carboxylic acid groups (broad SMARTS) is 2. The maximum absolute atomic E-state index is 11.9. The zero-order valence-corrected chi connectivity index (χ0v) is 8.76. The van der Waals surface area contributed by atoms with Gasteiger partial charge in [-0.05, 0) is 19.3 Å². The van der Waals surface area contributed by atoms with Crippen LogP contribution in [0.5, 0.6) is 0 Å². The molecule has 0 unspecified atom stereocenters. The van der Waals surface area contributed by atoms with Gasteiger partial charge in [-0.2, -0.15) is 0 Å². The van der Waals surface area contributed by atoms with E-state index in [1.165, 1.54) is 0 Å². The van der Waals surface area contributed by atoms with Crippen LogP contribution in [0.3, 0.4) is 0 Å². The van der Waals surface area contributed by atoms with Crippen LogP contribution in [0.2, 0.25) is 0 Å². The van der Waals surface area contributed by atoms with Gasteiger partial charge in [0.15, 0.2) is 0 Å². The lowest BCUT2D eigenvalue weighted by molar-refractivity contribution is -0.161. The third-order valence-corrected chi connectivity index (χ3v) is 3.87. The second-order valence-electron chi connectivity index (χ2n) is 4.67. The normalized spacial score (nSPS) is 38.1. The number of ketones is 1. The summed E-state index contributed by atoms with van der Waals surface area (Å²) in [6, 6.07) is 0. The van der Waals surface area contributed by atoms with Crippen molar-refractivity contribution in [1.29, 1.82) is 0 Å². The number of Topliss-reactive ketones (excluding diaryl/α,β-unsaturated/α-hetero) is 1. The highest BCUT2D eigenvalue weighted by Crippen LogP contribution is 2.44. The van der Waals surface area contributed by atoms with Crippen molar-refractivity contribution in [2.75, 3.05) is 0 Å². The Morgan fingerprint density at radius 3 is 1.81 bits per heavy atom. The quantitative estimate of drug-likeness (QED) is 0.725. The zero-order chi connectivity index (χ0) is 11.9. The fraction of sp³-hybridized carbons (Fsp3) is 0.727. The molecule has 0 aromatic heterocycles. The number of rotatable bonds is 2. The van der Waals surface area contributed by atoms with Crippen LogP contribution in [0.25, 0.3) is 0 Å². The summed E-state index contributed by atoms with van der Waals surface area (Å²) < 4.78 is 0. The molecule has 2 N–H and O–H groups in total. The maximum atomic E-state index is 11.9. The standard InChI is InChI=1S/C11H14O5/c12-9-5-2-1-3-6(9)8(11(15)16)4-7(5)10(13)14/h5-8H,1-4H2,(H,13,14)(H,15,16)/t5-,6+,7+,8-. The van der Waals surface area contributed by atoms with Gasteiger partial charge in [-0.25, -0.2) is 0 Å². The van der Waals surface area contributed by atoms with E-state index in [0.717, 1.165) is 6.42 Å². The molecule has 0 aromatic rings. The number of hydrogen-bond donors (Lipinski definition) is 2. The largest absolute Gasteiger partial charge is 0.481 e. The predicted octanol–water partition coefficient (Wildman–Crippen LogP) is 0.777. The number of fused-ring (bicyclic) bond motifs is 2. The van der Waals surface area contributed by atoms with E-state index in [2.05, 4.69) is 0 Å². The van der Waals surface area contributed by atoms with E-state index in [-0.39, 0.29) is 12.2 Å². The number of carbonyl (C=O) groups is 3. The molecular weight excluding hydrogens is 212 g/mol. The number of aliphatic carboxylic acids is 2. The van der Waals surface area contributed by atoms with Gasteiger partial charge < -0.3 is 10.2 Å². The van der Waals surface area contributed by atoms with E-state index in [1.54, 1.807) is 0 Å². The molecular formula is C11H14O5. The van der Waals surface area contributed by atoms with E-state index in [0.29, 0.717) is 12.8 Å². The van der Waals surface area contributed by atoms with Crippen molar-refractivity contribution in [3.63, 3.8) is 0 Å². The highest BCUT2D eigenvalue weighted by Gasteiger charge is 2.50. The van der Waals surface area contributed by atoms with Gasteiger partial charge in [0, 0.05) is 11.8 Å². The first-order valence-electron chi connectivity index (χ1n) is 5.51. The molecule has 88 valence electrons. The fourth-order valence-corrected chi connectivity index (χ4v) is 3.06. The molecule has 2 rings (SSSR count). The molecule has 0 spiro atoms. The van der Waals surface area contributed by atoms with Crippen LogP contribution in [-0.2, 0) is 14.4 Å². The Morgan fingerprint density at radius 1 is 1.00 bits per heavy atom. The molecule has 2 saturated carbocycles. The molecule has 0 aliphatic heterocycles.